The first-order chi connectivity index (χ1) is 17.0. The third kappa shape index (κ3) is 9.12. The summed E-state index contributed by atoms with van der Waals surface area (Å²) < 4.78 is 14.5. The molecule has 0 atom stereocenters. The number of rotatable bonds is 13. The lowest BCUT2D eigenvalue weighted by molar-refractivity contribution is 0.589. The van der Waals surface area contributed by atoms with E-state index in [0.29, 0.717) is 5.69 Å². The van der Waals surface area contributed by atoms with E-state index in [1.807, 2.05) is 61.5 Å². The van der Waals surface area contributed by atoms with Gasteiger partial charge in [-0.2, -0.15) is 5.11 Å². The molecule has 0 aliphatic rings. The Morgan fingerprint density at radius 2 is 1.34 bits per heavy atom. The van der Waals surface area contributed by atoms with Gasteiger partial charge in [-0.3, -0.25) is 0 Å². The molecule has 35 heavy (non-hydrogen) atoms. The molecule has 0 N–H and O–H groups in total. The zero-order chi connectivity index (χ0) is 24.9. The van der Waals surface area contributed by atoms with E-state index in [-0.39, 0.29) is 11.5 Å². The van der Waals surface area contributed by atoms with Gasteiger partial charge in [-0.25, -0.2) is 4.39 Å². The molecule has 3 aromatic carbocycles. The molecule has 184 valence electrons. The smallest absolute Gasteiger partial charge is 0.151 e. The van der Waals surface area contributed by atoms with Gasteiger partial charge in [-0.05, 0) is 65.9 Å². The average molecular weight is 472 g/mol. The lowest BCUT2D eigenvalue weighted by Gasteiger charge is -2.11. The van der Waals surface area contributed by atoms with Crippen LogP contribution in [0.1, 0.15) is 68.6 Å². The van der Waals surface area contributed by atoms with E-state index < -0.39 is 0 Å². The summed E-state index contributed by atoms with van der Waals surface area (Å²) in [6.45, 7) is 2.26. The summed E-state index contributed by atoms with van der Waals surface area (Å²) in [6.07, 6.45) is 14.4. The SMILES string of the molecule is CCCCCCCCCc1ccc(/C=C/c2ccc(/N=N/c3ccc(N(C)C)cc3)c(F)c2)cc1. The van der Waals surface area contributed by atoms with Crippen molar-refractivity contribution in [1.29, 1.82) is 0 Å². The highest BCUT2D eigenvalue weighted by atomic mass is 19.1. The molecule has 0 saturated carbocycles. The molecule has 4 heteroatoms. The molecule has 0 radical (unpaired) electrons. The summed E-state index contributed by atoms with van der Waals surface area (Å²) in [5, 5.41) is 8.24. The Kier molecular flexibility index (Phi) is 10.7. The van der Waals surface area contributed by atoms with Gasteiger partial charge >= 0.3 is 0 Å². The zero-order valence-electron chi connectivity index (χ0n) is 21.4. The van der Waals surface area contributed by atoms with Crippen LogP contribution in [0.2, 0.25) is 0 Å². The maximum Gasteiger partial charge on any atom is 0.151 e. The van der Waals surface area contributed by atoms with Gasteiger partial charge < -0.3 is 4.90 Å². The highest BCUT2D eigenvalue weighted by Gasteiger charge is 2.02. The van der Waals surface area contributed by atoms with Crippen LogP contribution in [0.25, 0.3) is 12.2 Å². The number of hydrogen-bond acceptors (Lipinski definition) is 3. The van der Waals surface area contributed by atoms with Gasteiger partial charge in [0.15, 0.2) is 5.82 Å². The Balaban J connectivity index is 1.49. The van der Waals surface area contributed by atoms with Crippen molar-refractivity contribution in [1.82, 2.24) is 0 Å². The van der Waals surface area contributed by atoms with Crippen molar-refractivity contribution in [3.8, 4) is 0 Å². The van der Waals surface area contributed by atoms with Crippen LogP contribution in [0.5, 0.6) is 0 Å². The molecule has 0 spiro atoms. The van der Waals surface area contributed by atoms with Gasteiger partial charge in [0.05, 0.1) is 5.69 Å². The van der Waals surface area contributed by atoms with E-state index >= 15 is 0 Å². The Labute approximate surface area is 210 Å². The summed E-state index contributed by atoms with van der Waals surface area (Å²) in [6, 6.07) is 21.3. The first-order valence-electron chi connectivity index (χ1n) is 12.8. The van der Waals surface area contributed by atoms with Crippen LogP contribution in [0.3, 0.4) is 0 Å². The van der Waals surface area contributed by atoms with Crippen molar-refractivity contribution in [3.63, 3.8) is 0 Å². The number of anilines is 1. The number of halogens is 1. The standard InChI is InChI=1S/C31H38FN3/c1-4-5-6-7-8-9-10-11-25-12-14-26(15-13-25)16-17-27-18-23-31(30(32)24-27)34-33-28-19-21-29(22-20-28)35(2)3/h12-24H,4-11H2,1-3H3/b17-16+,34-33+. The second kappa shape index (κ2) is 14.2. The van der Waals surface area contributed by atoms with Gasteiger partial charge in [0, 0.05) is 19.8 Å². The van der Waals surface area contributed by atoms with E-state index in [0.717, 1.165) is 23.2 Å². The number of benzene rings is 3. The zero-order valence-corrected chi connectivity index (χ0v) is 21.4. The van der Waals surface area contributed by atoms with E-state index in [1.54, 1.807) is 6.07 Å². The molecule has 0 saturated heterocycles. The fourth-order valence-corrected chi connectivity index (χ4v) is 3.91. The van der Waals surface area contributed by atoms with Crippen LogP contribution in [0, 0.1) is 5.82 Å². The van der Waals surface area contributed by atoms with Crippen molar-refractivity contribution in [2.75, 3.05) is 19.0 Å². The van der Waals surface area contributed by atoms with Gasteiger partial charge in [-0.1, -0.05) is 87.9 Å². The Morgan fingerprint density at radius 1 is 0.714 bits per heavy atom. The summed E-state index contributed by atoms with van der Waals surface area (Å²) >= 11 is 0. The number of aryl methyl sites for hydroxylation is 1. The van der Waals surface area contributed by atoms with E-state index in [9.17, 15) is 4.39 Å². The first-order valence-corrected chi connectivity index (χ1v) is 12.8. The minimum absolute atomic E-state index is 0.230. The van der Waals surface area contributed by atoms with Crippen LogP contribution in [-0.2, 0) is 6.42 Å². The predicted octanol–water partition coefficient (Wildman–Crippen LogP) is 9.77. The molecule has 0 heterocycles. The molecule has 3 nitrogen and oxygen atoms in total. The molecular formula is C31H38FN3. The Bertz CT molecular complexity index is 1080. The van der Waals surface area contributed by atoms with Gasteiger partial charge in [0.1, 0.15) is 5.69 Å². The monoisotopic (exact) mass is 471 g/mol. The van der Waals surface area contributed by atoms with Gasteiger partial charge in [-0.15, -0.1) is 5.11 Å². The van der Waals surface area contributed by atoms with Crippen molar-refractivity contribution in [2.45, 2.75) is 58.3 Å². The van der Waals surface area contributed by atoms with Crippen molar-refractivity contribution >= 4 is 29.2 Å². The Morgan fingerprint density at radius 3 is 2.00 bits per heavy atom. The molecule has 3 aromatic rings. The number of hydrogen-bond donors (Lipinski definition) is 0. The normalized spacial score (nSPS) is 11.5. The summed E-state index contributed by atoms with van der Waals surface area (Å²) in [7, 11) is 3.96. The highest BCUT2D eigenvalue weighted by molar-refractivity contribution is 5.70. The van der Waals surface area contributed by atoms with Crippen LogP contribution < -0.4 is 4.90 Å². The minimum Gasteiger partial charge on any atom is -0.378 e. The topological polar surface area (TPSA) is 28.0 Å². The van der Waals surface area contributed by atoms with Crippen LogP contribution >= 0.6 is 0 Å². The maximum absolute atomic E-state index is 14.5. The van der Waals surface area contributed by atoms with E-state index in [2.05, 4.69) is 41.4 Å². The fourth-order valence-electron chi connectivity index (χ4n) is 3.91. The first kappa shape index (κ1) is 26.3. The average Bonchev–Trinajstić information content (AvgIpc) is 2.87. The lowest BCUT2D eigenvalue weighted by Crippen LogP contribution is -2.07. The molecule has 0 aromatic heterocycles. The number of azo groups is 1. The third-order valence-electron chi connectivity index (χ3n) is 6.13. The second-order valence-electron chi connectivity index (χ2n) is 9.27. The largest absolute Gasteiger partial charge is 0.378 e. The maximum atomic E-state index is 14.5. The third-order valence-corrected chi connectivity index (χ3v) is 6.13. The second-order valence-corrected chi connectivity index (χ2v) is 9.27. The molecule has 0 bridgehead atoms. The van der Waals surface area contributed by atoms with Gasteiger partial charge in [0.25, 0.3) is 0 Å². The van der Waals surface area contributed by atoms with Crippen molar-refractivity contribution in [3.05, 3.63) is 89.2 Å². The number of unbranched alkanes of at least 4 members (excludes halogenated alkanes) is 6. The van der Waals surface area contributed by atoms with Gasteiger partial charge in [0.2, 0.25) is 0 Å². The number of nitrogens with zero attached hydrogens (tertiary/aromatic N) is 3. The van der Waals surface area contributed by atoms with Crippen molar-refractivity contribution < 1.29 is 4.39 Å². The van der Waals surface area contributed by atoms with Crippen LogP contribution in [-0.4, -0.2) is 14.1 Å². The molecule has 0 unspecified atom stereocenters. The summed E-state index contributed by atoms with van der Waals surface area (Å²) in [5.41, 5.74) is 5.28. The molecule has 0 aliphatic carbocycles. The highest BCUT2D eigenvalue weighted by Crippen LogP contribution is 2.24. The summed E-state index contributed by atoms with van der Waals surface area (Å²) in [5.74, 6) is -0.383. The molecule has 0 aliphatic heterocycles. The minimum atomic E-state index is -0.383. The Hall–Kier alpha value is -3.27. The van der Waals surface area contributed by atoms with E-state index in [1.165, 1.54) is 56.6 Å². The van der Waals surface area contributed by atoms with Crippen molar-refractivity contribution in [2.24, 2.45) is 10.2 Å². The molecule has 0 fully saturated rings. The molecule has 3 rings (SSSR count). The van der Waals surface area contributed by atoms with Crippen LogP contribution in [0.15, 0.2) is 77.0 Å². The lowest BCUT2D eigenvalue weighted by atomic mass is 10.0. The molecule has 0 amide bonds. The quantitative estimate of drug-likeness (QED) is 0.138. The summed E-state index contributed by atoms with van der Waals surface area (Å²) in [4.78, 5) is 2.01. The van der Waals surface area contributed by atoms with Crippen LogP contribution in [0.4, 0.5) is 21.5 Å². The predicted molar refractivity (Wildman–Crippen MR) is 148 cm³/mol. The van der Waals surface area contributed by atoms with E-state index in [4.69, 9.17) is 0 Å². The fraction of sp³-hybridized carbons (Fsp3) is 0.355. The molecular weight excluding hydrogens is 433 g/mol.